The van der Waals surface area contributed by atoms with Crippen LogP contribution in [0.4, 0.5) is 11.4 Å². The van der Waals surface area contributed by atoms with Gasteiger partial charge in [-0.1, -0.05) is 12.1 Å². The van der Waals surface area contributed by atoms with E-state index in [9.17, 15) is 33.4 Å². The smallest absolute Gasteiger partial charge is 0.363 e. The molecule has 3 aromatic carbocycles. The van der Waals surface area contributed by atoms with Gasteiger partial charge in [0.1, 0.15) is 4.90 Å². The Morgan fingerprint density at radius 3 is 2.28 bits per heavy atom. The van der Waals surface area contributed by atoms with Crippen LogP contribution in [0.1, 0.15) is 11.1 Å². The number of ether oxygens (including phenoxy) is 3. The highest BCUT2D eigenvalue weighted by atomic mass is 32.2. The molecule has 0 aromatic heterocycles. The van der Waals surface area contributed by atoms with Crippen molar-refractivity contribution in [2.75, 3.05) is 14.2 Å². The molecule has 1 aliphatic rings. The molecule has 200 valence electrons. The van der Waals surface area contributed by atoms with Crippen molar-refractivity contribution in [1.82, 2.24) is 0 Å². The minimum Gasteiger partial charge on any atom is -0.493 e. The Hall–Kier alpha value is -5.31. The highest BCUT2D eigenvalue weighted by Gasteiger charge is 2.27. The molecule has 0 saturated carbocycles. The monoisotopic (exact) mass is 555 g/mol. The maximum absolute atomic E-state index is 12.7. The topological polar surface area (TPSA) is 187 Å². The van der Waals surface area contributed by atoms with E-state index in [0.29, 0.717) is 5.56 Å². The fraction of sp³-hybridized carbons (Fsp3) is 0.0833. The molecule has 0 radical (unpaired) electrons. The third-order valence-corrected chi connectivity index (χ3v) is 6.48. The number of esters is 1. The van der Waals surface area contributed by atoms with Crippen molar-refractivity contribution in [2.45, 2.75) is 4.90 Å². The Balaban J connectivity index is 1.62. The maximum atomic E-state index is 12.7. The van der Waals surface area contributed by atoms with Gasteiger partial charge in [-0.25, -0.2) is 9.79 Å². The van der Waals surface area contributed by atoms with Gasteiger partial charge in [-0.2, -0.15) is 8.42 Å². The van der Waals surface area contributed by atoms with E-state index in [1.807, 2.05) is 0 Å². The summed E-state index contributed by atoms with van der Waals surface area (Å²) in [6, 6.07) is 12.3. The molecule has 39 heavy (non-hydrogen) atoms. The number of aliphatic imine (C=N–C) groups is 1. The summed E-state index contributed by atoms with van der Waals surface area (Å²) in [5.41, 5.74) is -0.382. The van der Waals surface area contributed by atoms with Crippen LogP contribution in [-0.2, 0) is 19.6 Å². The molecule has 1 aliphatic heterocycles. The Bertz CT molecular complexity index is 1680. The van der Waals surface area contributed by atoms with Gasteiger partial charge in [0.15, 0.2) is 22.9 Å². The molecule has 0 bridgehead atoms. The van der Waals surface area contributed by atoms with E-state index >= 15 is 0 Å². The standard InChI is InChI=1S/C24H17N3O11S/c1-35-20-9-7-15(12-19(20)27(31)32)23-25-18(24(28)37-23)10-14-6-8-21(22(11-14)36-2)38-39(33,34)17-5-3-4-16(13-17)26(29)30/h3-13H,1-2H3/b18-10+. The number of carbonyl (C=O) groups is 1. The van der Waals surface area contributed by atoms with E-state index in [1.54, 1.807) is 0 Å². The van der Waals surface area contributed by atoms with Crippen LogP contribution >= 0.6 is 0 Å². The van der Waals surface area contributed by atoms with Crippen LogP contribution in [0.25, 0.3) is 6.08 Å². The lowest BCUT2D eigenvalue weighted by Gasteiger charge is -2.11. The summed E-state index contributed by atoms with van der Waals surface area (Å²) in [5, 5.41) is 22.3. The summed E-state index contributed by atoms with van der Waals surface area (Å²) in [7, 11) is -1.91. The first kappa shape index (κ1) is 26.7. The van der Waals surface area contributed by atoms with Crippen LogP contribution in [0.5, 0.6) is 17.2 Å². The second kappa shape index (κ2) is 10.6. The number of methoxy groups -OCH3 is 2. The molecule has 0 saturated heterocycles. The van der Waals surface area contributed by atoms with E-state index < -0.39 is 36.5 Å². The average molecular weight is 555 g/mol. The van der Waals surface area contributed by atoms with Crippen molar-refractivity contribution in [3.8, 4) is 17.2 Å². The summed E-state index contributed by atoms with van der Waals surface area (Å²) in [6.07, 6.45) is 1.33. The highest BCUT2D eigenvalue weighted by Crippen LogP contribution is 2.33. The molecule has 14 nitrogen and oxygen atoms in total. The van der Waals surface area contributed by atoms with Crippen LogP contribution < -0.4 is 13.7 Å². The van der Waals surface area contributed by atoms with E-state index in [-0.39, 0.29) is 40.1 Å². The van der Waals surface area contributed by atoms with Gasteiger partial charge in [0.25, 0.3) is 5.69 Å². The van der Waals surface area contributed by atoms with Crippen LogP contribution in [0.3, 0.4) is 0 Å². The minimum atomic E-state index is -4.45. The van der Waals surface area contributed by atoms with E-state index in [0.717, 1.165) is 24.3 Å². The van der Waals surface area contributed by atoms with Gasteiger partial charge in [-0.3, -0.25) is 20.2 Å². The molecular formula is C24H17N3O11S. The number of nitro groups is 2. The van der Waals surface area contributed by atoms with Crippen LogP contribution in [0.2, 0.25) is 0 Å². The summed E-state index contributed by atoms with van der Waals surface area (Å²) in [5.74, 6) is -1.20. The van der Waals surface area contributed by atoms with E-state index in [2.05, 4.69) is 4.99 Å². The van der Waals surface area contributed by atoms with Gasteiger partial charge in [-0.05, 0) is 42.0 Å². The number of nitrogens with zero attached hydrogens (tertiary/aromatic N) is 3. The Kier molecular flexibility index (Phi) is 7.26. The van der Waals surface area contributed by atoms with Crippen LogP contribution in [0, 0.1) is 20.2 Å². The molecule has 15 heteroatoms. The van der Waals surface area contributed by atoms with Gasteiger partial charge in [0, 0.05) is 23.8 Å². The van der Waals surface area contributed by atoms with E-state index in [1.165, 1.54) is 56.7 Å². The number of non-ortho nitro benzene ring substituents is 1. The lowest BCUT2D eigenvalue weighted by atomic mass is 10.1. The first-order valence-electron chi connectivity index (χ1n) is 10.7. The molecule has 0 aliphatic carbocycles. The zero-order valence-electron chi connectivity index (χ0n) is 20.1. The van der Waals surface area contributed by atoms with Gasteiger partial charge >= 0.3 is 21.8 Å². The number of carbonyl (C=O) groups excluding carboxylic acids is 1. The SMILES string of the molecule is COc1cc(/C=C2/N=C(c3ccc(OC)c([N+](=O)[O-])c3)OC2=O)ccc1OS(=O)(=O)c1cccc([N+](=O)[O-])c1. The van der Waals surface area contributed by atoms with Gasteiger partial charge < -0.3 is 18.4 Å². The molecule has 0 N–H and O–H groups in total. The number of hydrogen-bond donors (Lipinski definition) is 0. The molecule has 3 aromatic rings. The van der Waals surface area contributed by atoms with Crippen molar-refractivity contribution < 1.29 is 41.5 Å². The second-order valence-electron chi connectivity index (χ2n) is 7.68. The number of rotatable bonds is 9. The molecule has 0 spiro atoms. The van der Waals surface area contributed by atoms with Gasteiger partial charge in [0.05, 0.1) is 24.1 Å². The first-order valence-corrected chi connectivity index (χ1v) is 12.2. The first-order chi connectivity index (χ1) is 18.5. The summed E-state index contributed by atoms with van der Waals surface area (Å²) < 4.78 is 45.8. The normalized spacial score (nSPS) is 13.9. The van der Waals surface area contributed by atoms with Crippen LogP contribution in [0.15, 0.2) is 76.2 Å². The lowest BCUT2D eigenvalue weighted by molar-refractivity contribution is -0.385. The largest absolute Gasteiger partial charge is 0.493 e. The highest BCUT2D eigenvalue weighted by molar-refractivity contribution is 7.87. The molecule has 0 unspecified atom stereocenters. The zero-order valence-corrected chi connectivity index (χ0v) is 20.9. The second-order valence-corrected chi connectivity index (χ2v) is 9.23. The minimum absolute atomic E-state index is 0.0198. The third-order valence-electron chi connectivity index (χ3n) is 5.25. The summed E-state index contributed by atoms with van der Waals surface area (Å²) >= 11 is 0. The fourth-order valence-corrected chi connectivity index (χ4v) is 4.40. The molecule has 4 rings (SSSR count). The Morgan fingerprint density at radius 2 is 1.62 bits per heavy atom. The Morgan fingerprint density at radius 1 is 0.897 bits per heavy atom. The molecule has 1 heterocycles. The summed E-state index contributed by atoms with van der Waals surface area (Å²) in [4.78, 5) is 37.0. The molecule has 0 atom stereocenters. The number of nitro benzene ring substituents is 2. The van der Waals surface area contributed by atoms with Crippen molar-refractivity contribution in [3.63, 3.8) is 0 Å². The van der Waals surface area contributed by atoms with Gasteiger partial charge in [-0.15, -0.1) is 0 Å². The fourth-order valence-electron chi connectivity index (χ4n) is 3.42. The maximum Gasteiger partial charge on any atom is 0.363 e. The molecule has 0 fully saturated rings. The van der Waals surface area contributed by atoms with Crippen molar-refractivity contribution >= 4 is 39.4 Å². The van der Waals surface area contributed by atoms with Gasteiger partial charge in [0.2, 0.25) is 5.90 Å². The van der Waals surface area contributed by atoms with E-state index in [4.69, 9.17) is 18.4 Å². The molecule has 0 amide bonds. The Labute approximate surface area is 220 Å². The lowest BCUT2D eigenvalue weighted by Crippen LogP contribution is -2.10. The van der Waals surface area contributed by atoms with Crippen LogP contribution in [-0.4, -0.2) is 44.4 Å². The average Bonchev–Trinajstić information content (AvgIpc) is 3.28. The predicted octanol–water partition coefficient (Wildman–Crippen LogP) is 3.63. The van der Waals surface area contributed by atoms with Crippen molar-refractivity contribution in [2.24, 2.45) is 4.99 Å². The zero-order chi connectivity index (χ0) is 28.3. The van der Waals surface area contributed by atoms with Crippen molar-refractivity contribution in [1.29, 1.82) is 0 Å². The number of hydrogen-bond acceptors (Lipinski definition) is 12. The third kappa shape index (κ3) is 5.67. The number of benzene rings is 3. The number of cyclic esters (lactones) is 1. The summed E-state index contributed by atoms with van der Waals surface area (Å²) in [6.45, 7) is 0. The van der Waals surface area contributed by atoms with Crippen molar-refractivity contribution in [3.05, 3.63) is 97.7 Å². The quantitative estimate of drug-likeness (QED) is 0.123. The molecular weight excluding hydrogens is 538 g/mol. The predicted molar refractivity (Wildman–Crippen MR) is 134 cm³/mol.